The number of carbonyl (C=O) groups excluding carboxylic acids is 1. The van der Waals surface area contributed by atoms with Crippen molar-refractivity contribution in [3.63, 3.8) is 0 Å². The number of hydrogen-bond acceptors (Lipinski definition) is 2. The first-order chi connectivity index (χ1) is 5.84. The average molecular weight is 168 g/mol. The van der Waals surface area contributed by atoms with Crippen LogP contribution in [0.5, 0.6) is 0 Å². The van der Waals surface area contributed by atoms with Gasteiger partial charge in [-0.15, -0.1) is 6.58 Å². The van der Waals surface area contributed by atoms with E-state index in [9.17, 15) is 4.79 Å². The summed E-state index contributed by atoms with van der Waals surface area (Å²) >= 11 is 0. The smallest absolute Gasteiger partial charge is 0.138 e. The summed E-state index contributed by atoms with van der Waals surface area (Å²) in [6.45, 7) is 4.70. The van der Waals surface area contributed by atoms with Crippen LogP contribution in [0.25, 0.3) is 0 Å². The van der Waals surface area contributed by atoms with Crippen LogP contribution in [0.15, 0.2) is 12.7 Å². The minimum Gasteiger partial charge on any atom is -0.377 e. The summed E-state index contributed by atoms with van der Waals surface area (Å²) in [5.41, 5.74) is 0. The molecule has 0 N–H and O–H groups in total. The molecule has 0 bridgehead atoms. The molecular weight excluding hydrogens is 152 g/mol. The largest absolute Gasteiger partial charge is 0.377 e. The van der Waals surface area contributed by atoms with Crippen LogP contribution in [-0.2, 0) is 9.53 Å². The molecule has 0 radical (unpaired) electrons. The van der Waals surface area contributed by atoms with Crippen molar-refractivity contribution in [2.45, 2.75) is 25.7 Å². The lowest BCUT2D eigenvalue weighted by molar-refractivity contribution is -0.126. The number of rotatable bonds is 4. The van der Waals surface area contributed by atoms with Crippen LogP contribution in [0.4, 0.5) is 0 Å². The Morgan fingerprint density at radius 3 is 3.08 bits per heavy atom. The summed E-state index contributed by atoms with van der Waals surface area (Å²) in [5, 5.41) is 0. The van der Waals surface area contributed by atoms with Crippen LogP contribution in [0.1, 0.15) is 25.7 Å². The molecule has 1 saturated carbocycles. The van der Waals surface area contributed by atoms with Crippen LogP contribution in [0.2, 0.25) is 0 Å². The highest BCUT2D eigenvalue weighted by molar-refractivity contribution is 5.81. The monoisotopic (exact) mass is 168 g/mol. The van der Waals surface area contributed by atoms with Gasteiger partial charge in [0.05, 0.1) is 13.2 Å². The molecule has 0 aromatic heterocycles. The molecule has 0 heterocycles. The minimum absolute atomic E-state index is 0.165. The third kappa shape index (κ3) is 2.78. The van der Waals surface area contributed by atoms with Crippen molar-refractivity contribution in [2.24, 2.45) is 5.92 Å². The minimum atomic E-state index is 0.165. The SMILES string of the molecule is C=CCOC[C@H]1CCCCC1=O. The molecule has 1 atom stereocenters. The molecule has 0 saturated heterocycles. The van der Waals surface area contributed by atoms with Crippen molar-refractivity contribution in [2.75, 3.05) is 13.2 Å². The van der Waals surface area contributed by atoms with Gasteiger partial charge in [0.2, 0.25) is 0 Å². The Morgan fingerprint density at radius 1 is 1.58 bits per heavy atom. The Bertz CT molecular complexity index is 163. The van der Waals surface area contributed by atoms with Gasteiger partial charge in [0, 0.05) is 12.3 Å². The molecule has 0 aromatic rings. The van der Waals surface area contributed by atoms with E-state index >= 15 is 0 Å². The maximum Gasteiger partial charge on any atom is 0.138 e. The molecule has 2 nitrogen and oxygen atoms in total. The average Bonchev–Trinajstić information content (AvgIpc) is 2.09. The molecule has 1 fully saturated rings. The Hall–Kier alpha value is -0.630. The van der Waals surface area contributed by atoms with Crippen LogP contribution < -0.4 is 0 Å². The van der Waals surface area contributed by atoms with Gasteiger partial charge in [0.1, 0.15) is 5.78 Å². The Morgan fingerprint density at radius 2 is 2.42 bits per heavy atom. The second-order valence-corrected chi connectivity index (χ2v) is 3.24. The lowest BCUT2D eigenvalue weighted by Gasteiger charge is -2.19. The molecule has 0 spiro atoms. The molecule has 1 aliphatic carbocycles. The molecule has 12 heavy (non-hydrogen) atoms. The first-order valence-corrected chi connectivity index (χ1v) is 4.56. The fourth-order valence-corrected chi connectivity index (χ4v) is 1.52. The molecule has 1 aliphatic rings. The van der Waals surface area contributed by atoms with Gasteiger partial charge in [-0.3, -0.25) is 4.79 Å². The molecule has 1 rings (SSSR count). The molecule has 0 amide bonds. The second-order valence-electron chi connectivity index (χ2n) is 3.24. The number of ketones is 1. The summed E-state index contributed by atoms with van der Waals surface area (Å²) in [4.78, 5) is 11.3. The van der Waals surface area contributed by atoms with Crippen molar-refractivity contribution < 1.29 is 9.53 Å². The fraction of sp³-hybridized carbons (Fsp3) is 0.700. The summed E-state index contributed by atoms with van der Waals surface area (Å²) < 4.78 is 5.25. The van der Waals surface area contributed by atoms with E-state index in [0.29, 0.717) is 19.0 Å². The maximum atomic E-state index is 11.3. The molecule has 2 heteroatoms. The van der Waals surface area contributed by atoms with Gasteiger partial charge >= 0.3 is 0 Å². The van der Waals surface area contributed by atoms with Crippen molar-refractivity contribution >= 4 is 5.78 Å². The van der Waals surface area contributed by atoms with Crippen molar-refractivity contribution in [1.82, 2.24) is 0 Å². The van der Waals surface area contributed by atoms with Crippen molar-refractivity contribution in [3.8, 4) is 0 Å². The van der Waals surface area contributed by atoms with Crippen LogP contribution in [0.3, 0.4) is 0 Å². The highest BCUT2D eigenvalue weighted by atomic mass is 16.5. The maximum absolute atomic E-state index is 11.3. The van der Waals surface area contributed by atoms with Crippen molar-refractivity contribution in [3.05, 3.63) is 12.7 Å². The first kappa shape index (κ1) is 9.46. The van der Waals surface area contributed by atoms with E-state index in [4.69, 9.17) is 4.74 Å². The zero-order valence-corrected chi connectivity index (χ0v) is 7.42. The van der Waals surface area contributed by atoms with E-state index in [0.717, 1.165) is 19.3 Å². The Labute approximate surface area is 73.6 Å². The predicted molar refractivity (Wildman–Crippen MR) is 48.0 cm³/mol. The van der Waals surface area contributed by atoms with E-state index in [1.165, 1.54) is 6.42 Å². The van der Waals surface area contributed by atoms with Gasteiger partial charge in [0.15, 0.2) is 0 Å². The molecule has 0 aliphatic heterocycles. The van der Waals surface area contributed by atoms with Crippen LogP contribution >= 0.6 is 0 Å². The lowest BCUT2D eigenvalue weighted by atomic mass is 9.89. The van der Waals surface area contributed by atoms with Crippen molar-refractivity contribution in [1.29, 1.82) is 0 Å². The highest BCUT2D eigenvalue weighted by Gasteiger charge is 2.21. The molecule has 0 unspecified atom stereocenters. The highest BCUT2D eigenvalue weighted by Crippen LogP contribution is 2.20. The summed E-state index contributed by atoms with van der Waals surface area (Å²) in [6, 6.07) is 0. The van der Waals surface area contributed by atoms with E-state index in [1.807, 2.05) is 0 Å². The number of hydrogen-bond donors (Lipinski definition) is 0. The Balaban J connectivity index is 2.20. The zero-order chi connectivity index (χ0) is 8.81. The zero-order valence-electron chi connectivity index (χ0n) is 7.42. The van der Waals surface area contributed by atoms with Crippen LogP contribution in [0, 0.1) is 5.92 Å². The van der Waals surface area contributed by atoms with Gasteiger partial charge in [0.25, 0.3) is 0 Å². The summed E-state index contributed by atoms with van der Waals surface area (Å²) in [5.74, 6) is 0.545. The number of Topliss-reactive ketones (excluding diaryl/α,β-unsaturated/α-hetero) is 1. The molecular formula is C10H16O2. The van der Waals surface area contributed by atoms with Crippen LogP contribution in [-0.4, -0.2) is 19.0 Å². The Kier molecular flexibility index (Phi) is 4.01. The quantitative estimate of drug-likeness (QED) is 0.473. The number of carbonyl (C=O) groups is 1. The molecule has 68 valence electrons. The van der Waals surface area contributed by atoms with Gasteiger partial charge in [-0.2, -0.15) is 0 Å². The summed E-state index contributed by atoms with van der Waals surface area (Å²) in [6.07, 6.45) is 5.72. The predicted octanol–water partition coefficient (Wildman–Crippen LogP) is 1.95. The van der Waals surface area contributed by atoms with Gasteiger partial charge in [-0.25, -0.2) is 0 Å². The third-order valence-corrected chi connectivity index (χ3v) is 2.24. The van der Waals surface area contributed by atoms with Gasteiger partial charge < -0.3 is 4.74 Å². The van der Waals surface area contributed by atoms with E-state index in [2.05, 4.69) is 6.58 Å². The second kappa shape index (κ2) is 5.09. The lowest BCUT2D eigenvalue weighted by Crippen LogP contribution is -2.23. The standard InChI is InChI=1S/C10H16O2/c1-2-7-12-8-9-5-3-4-6-10(9)11/h2,9H,1,3-8H2/t9-/m1/s1. The topological polar surface area (TPSA) is 26.3 Å². The number of ether oxygens (including phenoxy) is 1. The fourth-order valence-electron chi connectivity index (χ4n) is 1.52. The first-order valence-electron chi connectivity index (χ1n) is 4.56. The third-order valence-electron chi connectivity index (χ3n) is 2.24. The van der Waals surface area contributed by atoms with E-state index in [-0.39, 0.29) is 5.92 Å². The van der Waals surface area contributed by atoms with Gasteiger partial charge in [-0.05, 0) is 12.8 Å². The summed E-state index contributed by atoms with van der Waals surface area (Å²) in [7, 11) is 0. The normalized spacial score (nSPS) is 24.0. The molecule has 0 aromatic carbocycles. The van der Waals surface area contributed by atoms with E-state index in [1.54, 1.807) is 6.08 Å². The van der Waals surface area contributed by atoms with E-state index < -0.39 is 0 Å². The van der Waals surface area contributed by atoms with Gasteiger partial charge in [-0.1, -0.05) is 12.5 Å².